The van der Waals surface area contributed by atoms with Crippen LogP contribution in [0.2, 0.25) is 0 Å². The zero-order valence-electron chi connectivity index (χ0n) is 13.0. The van der Waals surface area contributed by atoms with Crippen molar-refractivity contribution in [2.45, 2.75) is 45.1 Å². The molecule has 0 radical (unpaired) electrons. The highest BCUT2D eigenvalue weighted by atomic mass is 16.2. The minimum atomic E-state index is 0.0732. The van der Waals surface area contributed by atoms with E-state index >= 15 is 0 Å². The minimum Gasteiger partial charge on any atom is -0.339 e. The average Bonchev–Trinajstić information content (AvgIpc) is 2.76. The Balaban J connectivity index is 1.65. The van der Waals surface area contributed by atoms with Gasteiger partial charge in [0.05, 0.1) is 18.7 Å². The summed E-state index contributed by atoms with van der Waals surface area (Å²) in [5, 5.41) is 7.59. The second-order valence-corrected chi connectivity index (χ2v) is 5.94. The number of pyridine rings is 1. The Kier molecular flexibility index (Phi) is 4.51. The minimum absolute atomic E-state index is 0.0732. The number of carbonyl (C=O) groups excluding carboxylic acids is 1. The van der Waals surface area contributed by atoms with Crippen molar-refractivity contribution in [1.82, 2.24) is 20.1 Å². The molecule has 0 fully saturated rings. The maximum absolute atomic E-state index is 12.3. The third kappa shape index (κ3) is 3.35. The predicted octanol–water partition coefficient (Wildman–Crippen LogP) is 2.27. The van der Waals surface area contributed by atoms with Gasteiger partial charge in [-0.15, -0.1) is 0 Å². The van der Waals surface area contributed by atoms with E-state index in [9.17, 15) is 4.79 Å². The summed E-state index contributed by atoms with van der Waals surface area (Å²) >= 11 is 0. The van der Waals surface area contributed by atoms with Gasteiger partial charge >= 0.3 is 0 Å². The molecule has 2 aromatic rings. The molecule has 0 bridgehead atoms. The van der Waals surface area contributed by atoms with Crippen LogP contribution in [0.3, 0.4) is 0 Å². The fourth-order valence-corrected chi connectivity index (χ4v) is 2.96. The Labute approximate surface area is 130 Å². The van der Waals surface area contributed by atoms with E-state index in [2.05, 4.69) is 15.2 Å². The Morgan fingerprint density at radius 2 is 2.14 bits per heavy atom. The summed E-state index contributed by atoms with van der Waals surface area (Å²) in [5.74, 6) is 0.0732. The van der Waals surface area contributed by atoms with Crippen LogP contribution in [0.5, 0.6) is 0 Å². The number of rotatable bonds is 4. The lowest BCUT2D eigenvalue weighted by atomic mass is 10.1. The van der Waals surface area contributed by atoms with Crippen LogP contribution in [0.4, 0.5) is 0 Å². The van der Waals surface area contributed by atoms with E-state index in [0.717, 1.165) is 24.2 Å². The number of nitrogens with one attached hydrogen (secondary N) is 1. The molecule has 22 heavy (non-hydrogen) atoms. The lowest BCUT2D eigenvalue weighted by Crippen LogP contribution is -2.28. The van der Waals surface area contributed by atoms with Crippen LogP contribution in [0.1, 0.15) is 41.9 Å². The molecule has 1 amide bonds. The van der Waals surface area contributed by atoms with Crippen molar-refractivity contribution < 1.29 is 4.79 Å². The van der Waals surface area contributed by atoms with Gasteiger partial charge in [0.1, 0.15) is 0 Å². The number of aryl methyl sites for hydroxylation is 1. The zero-order chi connectivity index (χ0) is 15.4. The van der Waals surface area contributed by atoms with Crippen molar-refractivity contribution in [2.24, 2.45) is 0 Å². The van der Waals surface area contributed by atoms with E-state index in [1.54, 1.807) is 11.1 Å². The highest BCUT2D eigenvalue weighted by Crippen LogP contribution is 2.22. The molecule has 116 valence electrons. The highest BCUT2D eigenvalue weighted by molar-refractivity contribution is 5.78. The maximum Gasteiger partial charge on any atom is 0.228 e. The molecule has 0 aromatic carbocycles. The van der Waals surface area contributed by atoms with Gasteiger partial charge in [0.15, 0.2) is 0 Å². The Bertz CT molecular complexity index is 635. The van der Waals surface area contributed by atoms with Gasteiger partial charge in [-0.3, -0.25) is 14.9 Å². The van der Waals surface area contributed by atoms with Gasteiger partial charge in [-0.25, -0.2) is 0 Å². The van der Waals surface area contributed by atoms with E-state index in [-0.39, 0.29) is 5.91 Å². The summed E-state index contributed by atoms with van der Waals surface area (Å²) in [4.78, 5) is 18.3. The molecule has 0 spiro atoms. The SMILES string of the molecule is CN(Cc1n[nH]c2c1CCCCC2)C(=O)Cc1ccccn1. The second-order valence-electron chi connectivity index (χ2n) is 5.94. The van der Waals surface area contributed by atoms with Crippen LogP contribution >= 0.6 is 0 Å². The van der Waals surface area contributed by atoms with Crippen LogP contribution < -0.4 is 0 Å². The molecular weight excluding hydrogens is 276 g/mol. The molecular formula is C17H22N4O. The van der Waals surface area contributed by atoms with Crippen LogP contribution in [0.15, 0.2) is 24.4 Å². The molecule has 3 rings (SSSR count). The first kappa shape index (κ1) is 14.8. The molecule has 1 aliphatic carbocycles. The molecule has 0 saturated carbocycles. The van der Waals surface area contributed by atoms with Crippen LogP contribution in [-0.2, 0) is 30.6 Å². The smallest absolute Gasteiger partial charge is 0.228 e. The Morgan fingerprint density at radius 3 is 2.95 bits per heavy atom. The summed E-state index contributed by atoms with van der Waals surface area (Å²) in [6, 6.07) is 5.65. The number of carbonyl (C=O) groups is 1. The van der Waals surface area contributed by atoms with Gasteiger partial charge in [0, 0.05) is 24.6 Å². The molecule has 0 saturated heterocycles. The fraction of sp³-hybridized carbons (Fsp3) is 0.471. The van der Waals surface area contributed by atoms with Crippen LogP contribution in [0.25, 0.3) is 0 Å². The van der Waals surface area contributed by atoms with Crippen molar-refractivity contribution in [1.29, 1.82) is 0 Å². The van der Waals surface area contributed by atoms with Crippen LogP contribution in [-0.4, -0.2) is 33.0 Å². The summed E-state index contributed by atoms with van der Waals surface area (Å²) in [7, 11) is 1.84. The second kappa shape index (κ2) is 6.73. The van der Waals surface area contributed by atoms with E-state index < -0.39 is 0 Å². The topological polar surface area (TPSA) is 61.9 Å². The van der Waals surface area contributed by atoms with E-state index in [1.807, 2.05) is 25.2 Å². The van der Waals surface area contributed by atoms with Gasteiger partial charge in [-0.1, -0.05) is 12.5 Å². The van der Waals surface area contributed by atoms with Crippen molar-refractivity contribution in [2.75, 3.05) is 7.05 Å². The van der Waals surface area contributed by atoms with E-state index in [4.69, 9.17) is 0 Å². The van der Waals surface area contributed by atoms with Crippen molar-refractivity contribution in [3.05, 3.63) is 47.0 Å². The Morgan fingerprint density at radius 1 is 1.27 bits per heavy atom. The quantitative estimate of drug-likeness (QED) is 0.881. The predicted molar refractivity (Wildman–Crippen MR) is 84.3 cm³/mol. The molecule has 1 N–H and O–H groups in total. The molecule has 5 nitrogen and oxygen atoms in total. The largest absolute Gasteiger partial charge is 0.339 e. The Hall–Kier alpha value is -2.17. The standard InChI is InChI=1S/C17H22N4O/c1-21(17(22)11-13-7-5-6-10-18-13)12-16-14-8-3-2-4-9-15(14)19-20-16/h5-7,10H,2-4,8-9,11-12H2,1H3,(H,19,20). The third-order valence-electron chi connectivity index (χ3n) is 4.26. The lowest BCUT2D eigenvalue weighted by Gasteiger charge is -2.16. The van der Waals surface area contributed by atoms with Crippen molar-refractivity contribution in [3.63, 3.8) is 0 Å². The number of hydrogen-bond donors (Lipinski definition) is 1. The number of fused-ring (bicyclic) bond motifs is 1. The van der Waals surface area contributed by atoms with Gasteiger partial charge in [0.2, 0.25) is 5.91 Å². The summed E-state index contributed by atoms with van der Waals surface area (Å²) < 4.78 is 0. The summed E-state index contributed by atoms with van der Waals surface area (Å²) in [5.41, 5.74) is 4.42. The monoisotopic (exact) mass is 298 g/mol. The number of aromatic nitrogens is 3. The maximum atomic E-state index is 12.3. The molecule has 0 aliphatic heterocycles. The molecule has 2 heterocycles. The number of hydrogen-bond acceptors (Lipinski definition) is 3. The summed E-state index contributed by atoms with van der Waals surface area (Å²) in [6.45, 7) is 0.567. The van der Waals surface area contributed by atoms with Crippen LogP contribution in [0, 0.1) is 0 Å². The van der Waals surface area contributed by atoms with Gasteiger partial charge in [0.25, 0.3) is 0 Å². The summed E-state index contributed by atoms with van der Waals surface area (Å²) in [6.07, 6.45) is 7.92. The molecule has 1 aliphatic rings. The van der Waals surface area contributed by atoms with E-state index in [1.165, 1.54) is 30.5 Å². The zero-order valence-corrected chi connectivity index (χ0v) is 13.0. The first-order valence-electron chi connectivity index (χ1n) is 7.93. The average molecular weight is 298 g/mol. The number of likely N-dealkylation sites (N-methyl/N-ethyl adjacent to an activating group) is 1. The number of amides is 1. The normalized spacial score (nSPS) is 14.2. The van der Waals surface area contributed by atoms with Crippen molar-refractivity contribution in [3.8, 4) is 0 Å². The highest BCUT2D eigenvalue weighted by Gasteiger charge is 2.18. The molecule has 0 unspecified atom stereocenters. The molecule has 5 heteroatoms. The van der Waals surface area contributed by atoms with Crippen molar-refractivity contribution >= 4 is 5.91 Å². The van der Waals surface area contributed by atoms with Gasteiger partial charge < -0.3 is 4.90 Å². The third-order valence-corrected chi connectivity index (χ3v) is 4.26. The first-order valence-corrected chi connectivity index (χ1v) is 7.93. The molecule has 0 atom stereocenters. The number of H-pyrrole nitrogens is 1. The molecule has 2 aromatic heterocycles. The van der Waals surface area contributed by atoms with Gasteiger partial charge in [-0.2, -0.15) is 5.10 Å². The first-order chi connectivity index (χ1) is 10.7. The number of nitrogens with zero attached hydrogens (tertiary/aromatic N) is 3. The van der Waals surface area contributed by atoms with Gasteiger partial charge in [-0.05, 0) is 43.4 Å². The van der Waals surface area contributed by atoms with E-state index in [0.29, 0.717) is 13.0 Å². The fourth-order valence-electron chi connectivity index (χ4n) is 2.96. The number of aromatic amines is 1. The lowest BCUT2D eigenvalue weighted by molar-refractivity contribution is -0.129.